The summed E-state index contributed by atoms with van der Waals surface area (Å²) < 4.78 is 34.3. The molecular weight excluding hydrogens is 484 g/mol. The molecule has 2 bridgehead atoms. The number of nitrogens with one attached hydrogen (secondary N) is 1. The third kappa shape index (κ3) is 4.48. The number of carbonyl (C=O) groups excluding carboxylic acids is 3. The van der Waals surface area contributed by atoms with E-state index in [4.69, 9.17) is 28.4 Å². The van der Waals surface area contributed by atoms with Crippen LogP contribution in [0.1, 0.15) is 26.7 Å². The summed E-state index contributed by atoms with van der Waals surface area (Å²) in [6.45, 7) is 3.74. The van der Waals surface area contributed by atoms with E-state index in [9.17, 15) is 14.4 Å². The number of fused-ring (bicyclic) bond motifs is 5. The van der Waals surface area contributed by atoms with Crippen molar-refractivity contribution in [1.29, 1.82) is 0 Å². The van der Waals surface area contributed by atoms with Crippen LogP contribution in [0.25, 0.3) is 0 Å². The Hall–Kier alpha value is -3.05. The lowest BCUT2D eigenvalue weighted by Crippen LogP contribution is -2.52. The molecule has 3 aliphatic heterocycles. The maximum absolute atomic E-state index is 13.2. The quantitative estimate of drug-likeness (QED) is 0.352. The van der Waals surface area contributed by atoms with E-state index in [2.05, 4.69) is 5.32 Å². The number of hydrogen-bond donors (Lipinski definition) is 1. The van der Waals surface area contributed by atoms with Crippen molar-refractivity contribution in [3.63, 3.8) is 0 Å². The van der Waals surface area contributed by atoms with Gasteiger partial charge in [-0.3, -0.25) is 14.9 Å². The van der Waals surface area contributed by atoms with Crippen LogP contribution in [-0.4, -0.2) is 87.3 Å². The topological polar surface area (TPSA) is 125 Å². The van der Waals surface area contributed by atoms with E-state index in [1.807, 2.05) is 32.8 Å². The Balaban J connectivity index is 1.45. The van der Waals surface area contributed by atoms with Crippen LogP contribution in [0.15, 0.2) is 18.2 Å². The summed E-state index contributed by atoms with van der Waals surface area (Å²) in [5.74, 6) is -0.888. The smallest absolute Gasteiger partial charge is 0.412 e. The lowest BCUT2D eigenvalue weighted by atomic mass is 9.76. The first-order valence-corrected chi connectivity index (χ1v) is 12.5. The van der Waals surface area contributed by atoms with E-state index < -0.39 is 48.1 Å². The highest BCUT2D eigenvalue weighted by Gasteiger charge is 2.66. The van der Waals surface area contributed by atoms with Crippen LogP contribution in [0.5, 0.6) is 11.5 Å². The number of carbonyl (C=O) groups is 3. The van der Waals surface area contributed by atoms with E-state index in [1.165, 1.54) is 14.2 Å². The molecule has 0 aromatic heterocycles. The predicted octanol–water partition coefficient (Wildman–Crippen LogP) is 2.22. The third-order valence-corrected chi connectivity index (χ3v) is 8.21. The molecule has 0 spiro atoms. The van der Waals surface area contributed by atoms with E-state index in [1.54, 1.807) is 18.2 Å². The maximum atomic E-state index is 13.2. The van der Waals surface area contributed by atoms with Gasteiger partial charge in [0.15, 0.2) is 0 Å². The van der Waals surface area contributed by atoms with Gasteiger partial charge < -0.3 is 33.3 Å². The Morgan fingerprint density at radius 3 is 2.51 bits per heavy atom. The molecule has 9 unspecified atom stereocenters. The summed E-state index contributed by atoms with van der Waals surface area (Å²) in [5, 5.41) is 2.74. The second-order valence-electron chi connectivity index (χ2n) is 10.7. The molecule has 1 N–H and O–H groups in total. The molecule has 0 radical (unpaired) electrons. The molecular formula is C26H34N2O9. The SMILES string of the molecule is COc1ccc(OC)c(NC(=O)OC2C(N(C)C)C3CC(OC3=O)C3C(CC4(C)OC24)OC(=O)C3C)c1. The molecule has 5 rings (SSSR count). The van der Waals surface area contributed by atoms with Gasteiger partial charge in [-0.1, -0.05) is 6.92 Å². The molecule has 9 atom stereocenters. The summed E-state index contributed by atoms with van der Waals surface area (Å²) in [6.07, 6.45) is -2.10. The van der Waals surface area contributed by atoms with Crippen molar-refractivity contribution in [3.8, 4) is 11.5 Å². The van der Waals surface area contributed by atoms with Gasteiger partial charge in [0, 0.05) is 18.4 Å². The Morgan fingerprint density at radius 1 is 1.11 bits per heavy atom. The molecule has 202 valence electrons. The first kappa shape index (κ1) is 25.6. The van der Waals surface area contributed by atoms with Crippen LogP contribution >= 0.6 is 0 Å². The summed E-state index contributed by atoms with van der Waals surface area (Å²) in [5.41, 5.74) is -0.317. The van der Waals surface area contributed by atoms with Gasteiger partial charge in [-0.2, -0.15) is 0 Å². The van der Waals surface area contributed by atoms with Crippen LogP contribution in [0, 0.1) is 17.8 Å². The van der Waals surface area contributed by atoms with Crippen molar-refractivity contribution in [1.82, 2.24) is 4.90 Å². The summed E-state index contributed by atoms with van der Waals surface area (Å²) in [4.78, 5) is 40.7. The maximum Gasteiger partial charge on any atom is 0.412 e. The molecule has 11 nitrogen and oxygen atoms in total. The van der Waals surface area contributed by atoms with E-state index in [0.29, 0.717) is 30.0 Å². The van der Waals surface area contributed by atoms with Crippen molar-refractivity contribution >= 4 is 23.7 Å². The summed E-state index contributed by atoms with van der Waals surface area (Å²) >= 11 is 0. The molecule has 1 aromatic rings. The molecule has 11 heteroatoms. The van der Waals surface area contributed by atoms with Gasteiger partial charge in [-0.05, 0) is 39.6 Å². The first-order valence-electron chi connectivity index (χ1n) is 12.5. The number of methoxy groups -OCH3 is 2. The number of benzene rings is 1. The Bertz CT molecular complexity index is 1090. The van der Waals surface area contributed by atoms with Crippen LogP contribution in [-0.2, 0) is 28.5 Å². The molecule has 3 heterocycles. The van der Waals surface area contributed by atoms with Crippen LogP contribution in [0.3, 0.4) is 0 Å². The van der Waals surface area contributed by atoms with Gasteiger partial charge in [-0.15, -0.1) is 0 Å². The predicted molar refractivity (Wildman–Crippen MR) is 129 cm³/mol. The Kier molecular flexibility index (Phi) is 6.47. The zero-order chi connectivity index (χ0) is 26.6. The average Bonchev–Trinajstić information content (AvgIpc) is 3.24. The fourth-order valence-electron chi connectivity index (χ4n) is 6.30. The van der Waals surface area contributed by atoms with Crippen molar-refractivity contribution in [2.75, 3.05) is 33.6 Å². The standard InChI is InChI=1S/C26H34N2O9/c1-12-19-17-10-14(24(30)34-17)20(28(3)4)21(22-26(2,37-22)11-18(19)35-23(12)29)36-25(31)27-15-9-13(32-5)7-8-16(15)33-6/h7-9,12,14,17-22H,10-11H2,1-6H3,(H,27,31). The highest BCUT2D eigenvalue weighted by atomic mass is 16.7. The fraction of sp³-hybridized carbons (Fsp3) is 0.654. The summed E-state index contributed by atoms with van der Waals surface area (Å²) in [6, 6.07) is 4.51. The number of esters is 2. The minimum Gasteiger partial charge on any atom is -0.497 e. The molecule has 37 heavy (non-hydrogen) atoms. The lowest BCUT2D eigenvalue weighted by molar-refractivity contribution is -0.149. The number of ether oxygens (including phenoxy) is 6. The normalized spacial score (nSPS) is 38.1. The van der Waals surface area contributed by atoms with Crippen LogP contribution in [0.2, 0.25) is 0 Å². The molecule has 1 aromatic carbocycles. The van der Waals surface area contributed by atoms with Gasteiger partial charge in [0.2, 0.25) is 0 Å². The largest absolute Gasteiger partial charge is 0.497 e. The van der Waals surface area contributed by atoms with E-state index in [-0.39, 0.29) is 23.8 Å². The van der Waals surface area contributed by atoms with Crippen molar-refractivity contribution in [2.45, 2.75) is 62.7 Å². The minimum absolute atomic E-state index is 0.243. The Morgan fingerprint density at radius 2 is 1.84 bits per heavy atom. The van der Waals surface area contributed by atoms with Crippen molar-refractivity contribution in [3.05, 3.63) is 18.2 Å². The molecule has 4 aliphatic rings. The van der Waals surface area contributed by atoms with Gasteiger partial charge in [0.25, 0.3) is 0 Å². The molecule has 1 amide bonds. The fourth-order valence-corrected chi connectivity index (χ4v) is 6.30. The number of nitrogens with zero attached hydrogens (tertiary/aromatic N) is 1. The van der Waals surface area contributed by atoms with Crippen LogP contribution < -0.4 is 14.8 Å². The van der Waals surface area contributed by atoms with Gasteiger partial charge in [-0.25, -0.2) is 4.79 Å². The molecule has 1 aliphatic carbocycles. The van der Waals surface area contributed by atoms with Gasteiger partial charge in [0.1, 0.15) is 35.9 Å². The number of rotatable bonds is 5. The zero-order valence-electron chi connectivity index (χ0n) is 21.9. The minimum atomic E-state index is -0.793. The Labute approximate surface area is 215 Å². The number of anilines is 1. The summed E-state index contributed by atoms with van der Waals surface area (Å²) in [7, 11) is 6.70. The highest BCUT2D eigenvalue weighted by molar-refractivity contribution is 5.87. The number of likely N-dealkylation sites (N-methyl/N-ethyl adjacent to an activating group) is 1. The van der Waals surface area contributed by atoms with Gasteiger partial charge in [0.05, 0.1) is 43.4 Å². The monoisotopic (exact) mass is 518 g/mol. The average molecular weight is 519 g/mol. The van der Waals surface area contributed by atoms with Crippen molar-refractivity contribution in [2.24, 2.45) is 17.8 Å². The van der Waals surface area contributed by atoms with Crippen molar-refractivity contribution < 1.29 is 42.8 Å². The molecule has 4 fully saturated rings. The van der Waals surface area contributed by atoms with Crippen LogP contribution in [0.4, 0.5) is 10.5 Å². The highest BCUT2D eigenvalue weighted by Crippen LogP contribution is 2.52. The third-order valence-electron chi connectivity index (χ3n) is 8.21. The van der Waals surface area contributed by atoms with E-state index in [0.717, 1.165) is 0 Å². The van der Waals surface area contributed by atoms with E-state index >= 15 is 0 Å². The molecule has 1 saturated carbocycles. The number of amides is 1. The first-order chi connectivity index (χ1) is 17.6. The second kappa shape index (κ2) is 9.36. The number of hydrogen-bond acceptors (Lipinski definition) is 10. The number of epoxide rings is 1. The molecule has 3 saturated heterocycles. The lowest BCUT2D eigenvalue weighted by Gasteiger charge is -2.35. The second-order valence-corrected chi connectivity index (χ2v) is 10.7. The zero-order valence-corrected chi connectivity index (χ0v) is 21.9. The van der Waals surface area contributed by atoms with Gasteiger partial charge >= 0.3 is 18.0 Å².